The first-order chi connectivity index (χ1) is 14.8. The van der Waals surface area contributed by atoms with Crippen LogP contribution >= 0.6 is 114 Å². The van der Waals surface area contributed by atoms with Crippen LogP contribution in [-0.2, 0) is 19.2 Å². The molecule has 0 aliphatic rings. The molecule has 12 heteroatoms. The van der Waals surface area contributed by atoms with E-state index >= 15 is 0 Å². The lowest BCUT2D eigenvalue weighted by molar-refractivity contribution is -0.154. The molecule has 34 heavy (non-hydrogen) atoms. The lowest BCUT2D eigenvalue weighted by atomic mass is 9.50. The zero-order chi connectivity index (χ0) is 27.9. The molecule has 0 aromatic carbocycles. The summed E-state index contributed by atoms with van der Waals surface area (Å²) in [6.45, 7) is 12.8. The average Bonchev–Trinajstić information content (AvgIpc) is 2.66. The maximum atomic E-state index is 14.3. The third kappa shape index (κ3) is 6.24. The van der Waals surface area contributed by atoms with Crippen molar-refractivity contribution < 1.29 is 19.2 Å². The predicted molar refractivity (Wildman–Crippen MR) is 170 cm³/mol. The topological polar surface area (TPSA) is 68.3 Å². The van der Waals surface area contributed by atoms with Crippen molar-refractivity contribution in [2.45, 2.75) is 77.4 Å². The molecule has 4 nitrogen and oxygen atoms in total. The molecular formula is C22H34Br4O4S4. The Bertz CT molecular complexity index is 778. The summed E-state index contributed by atoms with van der Waals surface area (Å²) in [5, 5.41) is 0. The standard InChI is InChI=1S/C22H34Br4O4S4/c1-16(2,23)12(27)21(11-33,13(28)17(3,4)24)20(9-31,10-32)22(34,14(29)18(5,6)25)15(30)19(7,8)26/h31-34H,9-11H2,1-8H3. The van der Waals surface area contributed by atoms with Crippen LogP contribution in [0.25, 0.3) is 0 Å². The third-order valence-corrected chi connectivity index (χ3v) is 9.71. The fourth-order valence-electron chi connectivity index (χ4n) is 4.10. The second-order valence-corrected chi connectivity index (χ2v) is 19.9. The monoisotopic (exact) mass is 806 g/mol. The highest BCUT2D eigenvalue weighted by atomic mass is 79.9. The summed E-state index contributed by atoms with van der Waals surface area (Å²) in [4.78, 5) is 56.8. The normalized spacial score (nSPS) is 14.7. The molecule has 0 saturated heterocycles. The van der Waals surface area contributed by atoms with Gasteiger partial charge in [-0.15, -0.1) is 0 Å². The van der Waals surface area contributed by atoms with Crippen molar-refractivity contribution >= 4 is 137 Å². The Balaban J connectivity index is 8.31. The minimum Gasteiger partial charge on any atom is -0.297 e. The number of carbonyl (C=O) groups is 4. The van der Waals surface area contributed by atoms with Gasteiger partial charge >= 0.3 is 0 Å². The van der Waals surface area contributed by atoms with Gasteiger partial charge in [0, 0.05) is 22.7 Å². The number of halogens is 4. The van der Waals surface area contributed by atoms with Crippen molar-refractivity contribution in [3.8, 4) is 0 Å². The smallest absolute Gasteiger partial charge is 0.172 e. The Kier molecular flexibility index (Phi) is 12.3. The third-order valence-electron chi connectivity index (χ3n) is 5.88. The molecule has 0 radical (unpaired) electrons. The van der Waals surface area contributed by atoms with Crippen LogP contribution in [0.4, 0.5) is 0 Å². The maximum absolute atomic E-state index is 14.3. The van der Waals surface area contributed by atoms with Crippen LogP contribution < -0.4 is 0 Å². The summed E-state index contributed by atoms with van der Waals surface area (Å²) >= 11 is 32.1. The summed E-state index contributed by atoms with van der Waals surface area (Å²) < 4.78 is -7.07. The first kappa shape index (κ1) is 36.0. The van der Waals surface area contributed by atoms with Gasteiger partial charge in [0.15, 0.2) is 23.1 Å². The number of alkyl halides is 4. The van der Waals surface area contributed by atoms with Gasteiger partial charge in [0.1, 0.15) is 10.2 Å². The predicted octanol–water partition coefficient (Wildman–Crippen LogP) is 6.39. The molecule has 0 aromatic heterocycles. The largest absolute Gasteiger partial charge is 0.297 e. The number of Topliss-reactive ketones (excluding diaryl/α,β-unsaturated/α-hetero) is 4. The Morgan fingerprint density at radius 2 is 0.765 bits per heavy atom. The fraction of sp³-hybridized carbons (Fsp3) is 0.818. The van der Waals surface area contributed by atoms with E-state index in [1.807, 2.05) is 0 Å². The lowest BCUT2D eigenvalue weighted by Gasteiger charge is -2.58. The van der Waals surface area contributed by atoms with Gasteiger partial charge < -0.3 is 0 Å². The molecule has 198 valence electrons. The summed E-state index contributed by atoms with van der Waals surface area (Å²) in [5.41, 5.74) is -3.78. The zero-order valence-electron chi connectivity index (χ0n) is 20.6. The van der Waals surface area contributed by atoms with Crippen LogP contribution in [0.5, 0.6) is 0 Å². The first-order valence-corrected chi connectivity index (χ1v) is 15.8. The number of carbonyl (C=O) groups excluding carboxylic acids is 4. The van der Waals surface area contributed by atoms with Crippen LogP contribution in [0.1, 0.15) is 55.4 Å². The highest BCUT2D eigenvalue weighted by Crippen LogP contribution is 2.60. The molecule has 0 fully saturated rings. The highest BCUT2D eigenvalue weighted by molar-refractivity contribution is 9.10. The van der Waals surface area contributed by atoms with Gasteiger partial charge in [0.2, 0.25) is 0 Å². The van der Waals surface area contributed by atoms with E-state index in [1.165, 1.54) is 0 Å². The second kappa shape index (κ2) is 11.6. The van der Waals surface area contributed by atoms with Gasteiger partial charge in [0.05, 0.1) is 17.3 Å². The van der Waals surface area contributed by atoms with Gasteiger partial charge in [-0.2, -0.15) is 50.5 Å². The summed E-state index contributed by atoms with van der Waals surface area (Å²) in [5.74, 6) is -3.08. The van der Waals surface area contributed by atoms with Gasteiger partial charge in [-0.3, -0.25) is 19.2 Å². The Morgan fingerprint density at radius 3 is 0.912 bits per heavy atom. The Morgan fingerprint density at radius 1 is 0.529 bits per heavy atom. The van der Waals surface area contributed by atoms with Crippen molar-refractivity contribution in [3.63, 3.8) is 0 Å². The number of hydrogen-bond acceptors (Lipinski definition) is 8. The van der Waals surface area contributed by atoms with Gasteiger partial charge in [-0.25, -0.2) is 0 Å². The number of ketones is 4. The van der Waals surface area contributed by atoms with Gasteiger partial charge in [-0.1, -0.05) is 63.7 Å². The molecule has 0 aromatic rings. The van der Waals surface area contributed by atoms with Crippen LogP contribution in [0, 0.1) is 10.8 Å². The van der Waals surface area contributed by atoms with Crippen molar-refractivity contribution in [3.05, 3.63) is 0 Å². The Hall–Kier alpha value is 2.00. The van der Waals surface area contributed by atoms with E-state index in [0.29, 0.717) is 0 Å². The molecule has 0 N–H and O–H groups in total. The minimum absolute atomic E-state index is 0.228. The molecule has 0 heterocycles. The van der Waals surface area contributed by atoms with Crippen LogP contribution in [0.15, 0.2) is 0 Å². The Labute approximate surface area is 259 Å². The van der Waals surface area contributed by atoms with Gasteiger partial charge in [-0.05, 0) is 55.4 Å². The zero-order valence-corrected chi connectivity index (χ0v) is 30.5. The molecule has 0 spiro atoms. The minimum atomic E-state index is -2.18. The molecule has 0 aliphatic heterocycles. The first-order valence-electron chi connectivity index (χ1n) is 10.3. The summed E-state index contributed by atoms with van der Waals surface area (Å²) in [6, 6.07) is 0. The van der Waals surface area contributed by atoms with Crippen molar-refractivity contribution in [2.75, 3.05) is 17.3 Å². The van der Waals surface area contributed by atoms with Gasteiger partial charge in [0.25, 0.3) is 0 Å². The van der Waals surface area contributed by atoms with Crippen molar-refractivity contribution in [2.24, 2.45) is 10.8 Å². The maximum Gasteiger partial charge on any atom is 0.172 e. The van der Waals surface area contributed by atoms with E-state index < -0.39 is 56.0 Å². The number of hydrogen-bond donors (Lipinski definition) is 4. The second-order valence-electron chi connectivity index (χ2n) is 10.4. The summed E-state index contributed by atoms with van der Waals surface area (Å²) in [7, 11) is 0. The molecular weight excluding hydrogens is 776 g/mol. The number of thiol groups is 4. The molecule has 0 rings (SSSR count). The van der Waals surface area contributed by atoms with Crippen LogP contribution in [-0.4, -0.2) is 62.4 Å². The van der Waals surface area contributed by atoms with E-state index in [0.717, 1.165) is 0 Å². The highest BCUT2D eigenvalue weighted by Gasteiger charge is 2.74. The number of rotatable bonds is 13. The molecule has 0 saturated carbocycles. The lowest BCUT2D eigenvalue weighted by Crippen LogP contribution is -2.75. The SMILES string of the molecule is CC(C)(Br)C(=O)C(S)(C(=O)C(C)(C)Br)C(CS)(CS)C(CS)(C(=O)C(C)(C)Br)C(=O)C(C)(C)Br. The van der Waals surface area contributed by atoms with E-state index in [4.69, 9.17) is 12.6 Å². The molecule has 0 unspecified atom stereocenters. The summed E-state index contributed by atoms with van der Waals surface area (Å²) in [6.07, 6.45) is 0. The van der Waals surface area contributed by atoms with Crippen LogP contribution in [0.2, 0.25) is 0 Å². The van der Waals surface area contributed by atoms with Crippen LogP contribution in [0.3, 0.4) is 0 Å². The van der Waals surface area contributed by atoms with E-state index in [1.54, 1.807) is 55.4 Å². The van der Waals surface area contributed by atoms with Crippen molar-refractivity contribution in [1.29, 1.82) is 0 Å². The fourth-order valence-corrected chi connectivity index (χ4v) is 8.84. The van der Waals surface area contributed by atoms with Crippen molar-refractivity contribution in [1.82, 2.24) is 0 Å². The average molecular weight is 810 g/mol. The molecule has 0 atom stereocenters. The van der Waals surface area contributed by atoms with E-state index in [2.05, 4.69) is 102 Å². The molecule has 0 amide bonds. The van der Waals surface area contributed by atoms with E-state index in [-0.39, 0.29) is 17.3 Å². The quantitative estimate of drug-likeness (QED) is 0.0991. The van der Waals surface area contributed by atoms with E-state index in [9.17, 15) is 19.2 Å². The molecule has 0 aliphatic carbocycles. The molecule has 0 bridgehead atoms.